The fraction of sp³-hybridized carbons (Fsp3) is 0.562. The molecule has 6 heteroatoms. The summed E-state index contributed by atoms with van der Waals surface area (Å²) in [5, 5.41) is 4.26. The highest BCUT2D eigenvalue weighted by atomic mass is 15.3. The number of likely N-dealkylation sites (tertiary alicyclic amines) is 1. The first-order chi connectivity index (χ1) is 10.7. The molecule has 0 atom stereocenters. The topological polar surface area (TPSA) is 50.1 Å². The van der Waals surface area contributed by atoms with Crippen molar-refractivity contribution in [3.8, 4) is 0 Å². The van der Waals surface area contributed by atoms with Gasteiger partial charge in [-0.25, -0.2) is 9.97 Å². The maximum atomic E-state index is 4.39. The lowest BCUT2D eigenvalue weighted by Gasteiger charge is -2.37. The molecule has 0 aromatic carbocycles. The number of nitrogens with zero attached hydrogens (tertiary/aromatic N) is 6. The Morgan fingerprint density at radius 2 is 2.05 bits per heavy atom. The Kier molecular flexibility index (Phi) is 4.68. The summed E-state index contributed by atoms with van der Waals surface area (Å²) in [5.41, 5.74) is 1.02. The molecule has 0 radical (unpaired) electrons. The molecule has 1 saturated heterocycles. The average Bonchev–Trinajstić information content (AvgIpc) is 3.06. The van der Waals surface area contributed by atoms with Gasteiger partial charge in [0.2, 0.25) is 0 Å². The van der Waals surface area contributed by atoms with Crippen LogP contribution in [0.4, 0.5) is 5.82 Å². The van der Waals surface area contributed by atoms with Gasteiger partial charge in [0.05, 0.1) is 6.54 Å². The van der Waals surface area contributed by atoms with Crippen LogP contribution in [0.25, 0.3) is 0 Å². The van der Waals surface area contributed by atoms with E-state index in [1.807, 2.05) is 30.1 Å². The van der Waals surface area contributed by atoms with Crippen LogP contribution in [0.1, 0.15) is 18.5 Å². The number of hydrogen-bond donors (Lipinski definition) is 0. The highest BCUT2D eigenvalue weighted by Gasteiger charge is 2.23. The highest BCUT2D eigenvalue weighted by molar-refractivity contribution is 5.39. The van der Waals surface area contributed by atoms with E-state index >= 15 is 0 Å². The van der Waals surface area contributed by atoms with Crippen LogP contribution < -0.4 is 4.90 Å². The first kappa shape index (κ1) is 15.0. The minimum Gasteiger partial charge on any atom is -0.356 e. The number of rotatable bonds is 5. The molecule has 3 rings (SSSR count). The Bertz CT molecular complexity index is 574. The molecule has 1 aliphatic heterocycles. The molecule has 0 saturated carbocycles. The molecule has 0 amide bonds. The van der Waals surface area contributed by atoms with Gasteiger partial charge in [-0.2, -0.15) is 5.10 Å². The van der Waals surface area contributed by atoms with Crippen molar-refractivity contribution in [2.24, 2.45) is 0 Å². The van der Waals surface area contributed by atoms with Gasteiger partial charge in [0.15, 0.2) is 0 Å². The van der Waals surface area contributed by atoms with Gasteiger partial charge in [0.1, 0.15) is 12.1 Å². The van der Waals surface area contributed by atoms with E-state index in [0.29, 0.717) is 6.04 Å². The Hall–Kier alpha value is -1.95. The number of aryl methyl sites for hydroxylation is 1. The number of anilines is 1. The lowest BCUT2D eigenvalue weighted by atomic mass is 10.0. The second kappa shape index (κ2) is 6.87. The molecule has 0 N–H and O–H groups in total. The van der Waals surface area contributed by atoms with E-state index in [-0.39, 0.29) is 0 Å². The monoisotopic (exact) mass is 300 g/mol. The summed E-state index contributed by atoms with van der Waals surface area (Å²) in [5.74, 6) is 1.03. The van der Waals surface area contributed by atoms with Crippen LogP contribution >= 0.6 is 0 Å². The minimum absolute atomic E-state index is 0.565. The predicted octanol–water partition coefficient (Wildman–Crippen LogP) is 1.58. The number of aromatic nitrogens is 4. The van der Waals surface area contributed by atoms with Crippen LogP contribution in [0.3, 0.4) is 0 Å². The maximum absolute atomic E-state index is 4.39. The maximum Gasteiger partial charge on any atom is 0.132 e. The third kappa shape index (κ3) is 3.62. The van der Waals surface area contributed by atoms with Gasteiger partial charge in [-0.3, -0.25) is 4.68 Å². The van der Waals surface area contributed by atoms with Crippen LogP contribution in [-0.2, 0) is 6.54 Å². The molecule has 2 aromatic rings. The van der Waals surface area contributed by atoms with E-state index in [1.165, 1.54) is 12.8 Å². The van der Waals surface area contributed by atoms with E-state index in [2.05, 4.69) is 38.0 Å². The van der Waals surface area contributed by atoms with Gasteiger partial charge in [-0.05, 0) is 25.8 Å². The summed E-state index contributed by atoms with van der Waals surface area (Å²) in [7, 11) is 2.14. The van der Waals surface area contributed by atoms with Crippen molar-refractivity contribution in [1.29, 1.82) is 0 Å². The standard InChI is InChI=1S/C16H24N6/c1-14-12-16(18-13-17-14)20(2)15-4-8-21(9-5-15)10-11-22-7-3-6-19-22/h3,6-7,12-13,15H,4-5,8-11H2,1-2H3. The summed E-state index contributed by atoms with van der Waals surface area (Å²) >= 11 is 0. The smallest absolute Gasteiger partial charge is 0.132 e. The number of hydrogen-bond acceptors (Lipinski definition) is 5. The molecule has 1 fully saturated rings. The van der Waals surface area contributed by atoms with Crippen molar-refractivity contribution >= 4 is 5.82 Å². The SMILES string of the molecule is Cc1cc(N(C)C2CCN(CCn3cccn3)CC2)ncn1. The summed E-state index contributed by atoms with van der Waals surface area (Å²) < 4.78 is 2.00. The molecular formula is C16H24N6. The lowest BCUT2D eigenvalue weighted by molar-refractivity contribution is 0.201. The number of piperidine rings is 1. The van der Waals surface area contributed by atoms with E-state index in [9.17, 15) is 0 Å². The molecule has 6 nitrogen and oxygen atoms in total. The zero-order valence-corrected chi connectivity index (χ0v) is 13.4. The molecule has 1 aliphatic rings. The summed E-state index contributed by atoms with van der Waals surface area (Å²) in [6.07, 6.45) is 7.88. The summed E-state index contributed by atoms with van der Waals surface area (Å²) in [6.45, 7) is 6.33. The van der Waals surface area contributed by atoms with Crippen molar-refractivity contribution in [2.75, 3.05) is 31.6 Å². The third-order valence-corrected chi connectivity index (χ3v) is 4.46. The summed E-state index contributed by atoms with van der Waals surface area (Å²) in [4.78, 5) is 13.4. The van der Waals surface area contributed by atoms with Gasteiger partial charge < -0.3 is 9.80 Å². The fourth-order valence-corrected chi connectivity index (χ4v) is 3.03. The van der Waals surface area contributed by atoms with E-state index in [1.54, 1.807) is 6.33 Å². The van der Waals surface area contributed by atoms with Gasteiger partial charge in [0.25, 0.3) is 0 Å². The molecule has 2 aromatic heterocycles. The summed E-state index contributed by atoms with van der Waals surface area (Å²) in [6, 6.07) is 4.60. The first-order valence-corrected chi connectivity index (χ1v) is 7.93. The van der Waals surface area contributed by atoms with Crippen molar-refractivity contribution < 1.29 is 0 Å². The zero-order chi connectivity index (χ0) is 15.4. The zero-order valence-electron chi connectivity index (χ0n) is 13.4. The van der Waals surface area contributed by atoms with Crippen LogP contribution in [0.15, 0.2) is 30.9 Å². The van der Waals surface area contributed by atoms with Gasteiger partial charge in [-0.15, -0.1) is 0 Å². The second-order valence-electron chi connectivity index (χ2n) is 5.97. The Morgan fingerprint density at radius 1 is 1.23 bits per heavy atom. The molecule has 22 heavy (non-hydrogen) atoms. The molecule has 0 bridgehead atoms. The Labute approximate surface area is 131 Å². The van der Waals surface area contributed by atoms with E-state index in [0.717, 1.165) is 37.7 Å². The predicted molar refractivity (Wildman–Crippen MR) is 86.9 cm³/mol. The fourth-order valence-electron chi connectivity index (χ4n) is 3.03. The van der Waals surface area contributed by atoms with Crippen LogP contribution in [0.2, 0.25) is 0 Å². The lowest BCUT2D eigenvalue weighted by Crippen LogP contribution is -2.44. The molecule has 3 heterocycles. The molecule has 0 spiro atoms. The van der Waals surface area contributed by atoms with E-state index in [4.69, 9.17) is 0 Å². The largest absolute Gasteiger partial charge is 0.356 e. The quantitative estimate of drug-likeness (QED) is 0.839. The van der Waals surface area contributed by atoms with Crippen LogP contribution in [0, 0.1) is 6.92 Å². The van der Waals surface area contributed by atoms with Crippen LogP contribution in [-0.4, -0.2) is 57.4 Å². The molecule has 0 unspecified atom stereocenters. The van der Waals surface area contributed by atoms with Crippen molar-refractivity contribution in [3.05, 3.63) is 36.5 Å². The highest BCUT2D eigenvalue weighted by Crippen LogP contribution is 2.20. The molecule has 118 valence electrons. The molecular weight excluding hydrogens is 276 g/mol. The average molecular weight is 300 g/mol. The van der Waals surface area contributed by atoms with Crippen molar-refractivity contribution in [3.63, 3.8) is 0 Å². The van der Waals surface area contributed by atoms with Crippen molar-refractivity contribution in [2.45, 2.75) is 32.4 Å². The van der Waals surface area contributed by atoms with Gasteiger partial charge in [-0.1, -0.05) is 0 Å². The van der Waals surface area contributed by atoms with E-state index < -0.39 is 0 Å². The Balaban J connectivity index is 1.48. The van der Waals surface area contributed by atoms with Crippen LogP contribution in [0.5, 0.6) is 0 Å². The first-order valence-electron chi connectivity index (χ1n) is 7.93. The Morgan fingerprint density at radius 3 is 2.73 bits per heavy atom. The second-order valence-corrected chi connectivity index (χ2v) is 5.97. The van der Waals surface area contributed by atoms with Gasteiger partial charge >= 0.3 is 0 Å². The van der Waals surface area contributed by atoms with Crippen molar-refractivity contribution in [1.82, 2.24) is 24.6 Å². The normalized spacial score (nSPS) is 16.8. The minimum atomic E-state index is 0.565. The third-order valence-electron chi connectivity index (χ3n) is 4.46. The molecule has 0 aliphatic carbocycles. The van der Waals surface area contributed by atoms with Gasteiger partial charge in [0, 0.05) is 56.9 Å².